The van der Waals surface area contributed by atoms with Gasteiger partial charge in [0.25, 0.3) is 5.91 Å². The first-order valence-electron chi connectivity index (χ1n) is 5.05. The molecule has 86 valence electrons. The third-order valence-corrected chi connectivity index (χ3v) is 2.98. The van der Waals surface area contributed by atoms with Crippen LogP contribution in [0.3, 0.4) is 0 Å². The van der Waals surface area contributed by atoms with Gasteiger partial charge in [-0.3, -0.25) is 4.79 Å². The Morgan fingerprint density at radius 1 is 1.38 bits per heavy atom. The molecule has 1 aromatic rings. The molecule has 0 unspecified atom stereocenters. The van der Waals surface area contributed by atoms with Crippen molar-refractivity contribution < 1.29 is 4.79 Å². The van der Waals surface area contributed by atoms with Gasteiger partial charge in [-0.1, -0.05) is 12.2 Å². The van der Waals surface area contributed by atoms with Crippen LogP contribution in [0.2, 0.25) is 0 Å². The molecule has 16 heavy (non-hydrogen) atoms. The first-order valence-corrected chi connectivity index (χ1v) is 5.87. The van der Waals surface area contributed by atoms with Crippen LogP contribution in [0.5, 0.6) is 0 Å². The number of carbonyl (C=O) groups is 1. The highest BCUT2D eigenvalue weighted by atomic mass is 32.1. The van der Waals surface area contributed by atoms with Crippen molar-refractivity contribution in [3.63, 3.8) is 0 Å². The summed E-state index contributed by atoms with van der Waals surface area (Å²) in [6, 6.07) is 0. The van der Waals surface area contributed by atoms with E-state index < -0.39 is 0 Å². The molecule has 1 amide bonds. The van der Waals surface area contributed by atoms with Gasteiger partial charge in [-0.05, 0) is 13.8 Å². The SMILES string of the molecule is C=CCN(CC=C)C(=O)c1nc(C)sc1C. The van der Waals surface area contributed by atoms with Gasteiger partial charge in [-0.2, -0.15) is 0 Å². The van der Waals surface area contributed by atoms with Gasteiger partial charge in [0.2, 0.25) is 0 Å². The Kier molecular flexibility index (Phi) is 4.43. The maximum absolute atomic E-state index is 12.1. The predicted octanol–water partition coefficient (Wildman–Crippen LogP) is 2.57. The maximum Gasteiger partial charge on any atom is 0.274 e. The van der Waals surface area contributed by atoms with Crippen molar-refractivity contribution in [1.29, 1.82) is 0 Å². The highest BCUT2D eigenvalue weighted by molar-refractivity contribution is 7.11. The van der Waals surface area contributed by atoms with Gasteiger partial charge in [0.15, 0.2) is 0 Å². The minimum absolute atomic E-state index is 0.0540. The summed E-state index contributed by atoms with van der Waals surface area (Å²) >= 11 is 1.54. The molecular formula is C12H16N2OS. The molecule has 0 N–H and O–H groups in total. The fourth-order valence-corrected chi connectivity index (χ4v) is 2.24. The van der Waals surface area contributed by atoms with Crippen LogP contribution in [-0.2, 0) is 0 Å². The van der Waals surface area contributed by atoms with Gasteiger partial charge in [0.05, 0.1) is 5.01 Å². The lowest BCUT2D eigenvalue weighted by Gasteiger charge is -2.18. The number of aromatic nitrogens is 1. The third kappa shape index (κ3) is 2.79. The Morgan fingerprint density at radius 3 is 2.31 bits per heavy atom. The molecule has 0 aliphatic rings. The molecule has 0 spiro atoms. The predicted molar refractivity (Wildman–Crippen MR) is 67.9 cm³/mol. The van der Waals surface area contributed by atoms with Crippen molar-refractivity contribution in [1.82, 2.24) is 9.88 Å². The average molecular weight is 236 g/mol. The van der Waals surface area contributed by atoms with E-state index in [1.807, 2.05) is 13.8 Å². The van der Waals surface area contributed by atoms with Crippen LogP contribution < -0.4 is 0 Å². The fourth-order valence-electron chi connectivity index (χ4n) is 1.43. The van der Waals surface area contributed by atoms with Crippen LogP contribution in [0.25, 0.3) is 0 Å². The molecule has 1 heterocycles. The summed E-state index contributed by atoms with van der Waals surface area (Å²) in [6.07, 6.45) is 3.41. The zero-order valence-electron chi connectivity index (χ0n) is 9.69. The monoisotopic (exact) mass is 236 g/mol. The number of hydrogen-bond donors (Lipinski definition) is 0. The van der Waals surface area contributed by atoms with Crippen molar-refractivity contribution in [3.05, 3.63) is 40.9 Å². The van der Waals surface area contributed by atoms with Crippen LogP contribution in [0.15, 0.2) is 25.3 Å². The molecular weight excluding hydrogens is 220 g/mol. The standard InChI is InChI=1S/C12H16N2OS/c1-5-7-14(8-6-2)12(15)11-9(3)16-10(4)13-11/h5-6H,1-2,7-8H2,3-4H3. The number of carbonyl (C=O) groups excluding carboxylic acids is 1. The quantitative estimate of drug-likeness (QED) is 0.736. The Balaban J connectivity index is 2.93. The van der Waals surface area contributed by atoms with Gasteiger partial charge < -0.3 is 4.90 Å². The van der Waals surface area contributed by atoms with Crippen molar-refractivity contribution >= 4 is 17.2 Å². The first-order chi connectivity index (χ1) is 7.60. The molecule has 4 heteroatoms. The molecule has 0 aliphatic carbocycles. The van der Waals surface area contributed by atoms with Crippen LogP contribution in [0.1, 0.15) is 20.4 Å². The van der Waals surface area contributed by atoms with E-state index in [-0.39, 0.29) is 5.91 Å². The van der Waals surface area contributed by atoms with Gasteiger partial charge in [-0.25, -0.2) is 4.98 Å². The molecule has 0 radical (unpaired) electrons. The van der Waals surface area contributed by atoms with Crippen LogP contribution >= 0.6 is 11.3 Å². The van der Waals surface area contributed by atoms with Crippen molar-refractivity contribution in [2.45, 2.75) is 13.8 Å². The van der Waals surface area contributed by atoms with E-state index in [1.165, 1.54) is 0 Å². The molecule has 0 bridgehead atoms. The largest absolute Gasteiger partial charge is 0.330 e. The van der Waals surface area contributed by atoms with E-state index in [2.05, 4.69) is 18.1 Å². The van der Waals surface area contributed by atoms with E-state index in [0.29, 0.717) is 18.8 Å². The molecule has 0 fully saturated rings. The summed E-state index contributed by atoms with van der Waals surface area (Å²) in [4.78, 5) is 19.0. The molecule has 0 aromatic carbocycles. The number of amides is 1. The number of hydrogen-bond acceptors (Lipinski definition) is 3. The van der Waals surface area contributed by atoms with Gasteiger partial charge in [0, 0.05) is 18.0 Å². The summed E-state index contributed by atoms with van der Waals surface area (Å²) in [5.74, 6) is -0.0540. The van der Waals surface area contributed by atoms with Crippen LogP contribution in [-0.4, -0.2) is 28.9 Å². The zero-order chi connectivity index (χ0) is 12.1. The normalized spacial score (nSPS) is 9.88. The lowest BCUT2D eigenvalue weighted by atomic mass is 10.3. The number of nitrogens with zero attached hydrogens (tertiary/aromatic N) is 2. The maximum atomic E-state index is 12.1. The molecule has 0 saturated heterocycles. The molecule has 0 atom stereocenters. The Bertz CT molecular complexity index is 399. The summed E-state index contributed by atoms with van der Waals surface area (Å²) < 4.78 is 0. The highest BCUT2D eigenvalue weighted by Crippen LogP contribution is 2.18. The van der Waals surface area contributed by atoms with Crippen molar-refractivity contribution in [2.75, 3.05) is 13.1 Å². The second kappa shape index (κ2) is 5.61. The van der Waals surface area contributed by atoms with E-state index in [0.717, 1.165) is 9.88 Å². The number of thiazole rings is 1. The summed E-state index contributed by atoms with van der Waals surface area (Å²) in [7, 11) is 0. The minimum Gasteiger partial charge on any atom is -0.330 e. The van der Waals surface area contributed by atoms with Crippen LogP contribution in [0, 0.1) is 13.8 Å². The molecule has 0 aliphatic heterocycles. The number of aryl methyl sites for hydroxylation is 2. The molecule has 0 saturated carbocycles. The lowest BCUT2D eigenvalue weighted by molar-refractivity contribution is 0.0785. The first kappa shape index (κ1) is 12.6. The summed E-state index contributed by atoms with van der Waals surface area (Å²) in [5, 5.41) is 0.915. The van der Waals surface area contributed by atoms with E-state index in [1.54, 1.807) is 28.4 Å². The van der Waals surface area contributed by atoms with E-state index in [9.17, 15) is 4.79 Å². The Hall–Kier alpha value is -1.42. The zero-order valence-corrected chi connectivity index (χ0v) is 10.5. The van der Waals surface area contributed by atoms with Gasteiger partial charge in [0.1, 0.15) is 5.69 Å². The summed E-state index contributed by atoms with van der Waals surface area (Å²) in [5.41, 5.74) is 0.547. The van der Waals surface area contributed by atoms with Crippen molar-refractivity contribution in [3.8, 4) is 0 Å². The van der Waals surface area contributed by atoms with Crippen LogP contribution in [0.4, 0.5) is 0 Å². The Morgan fingerprint density at radius 2 is 1.94 bits per heavy atom. The van der Waals surface area contributed by atoms with Gasteiger partial charge >= 0.3 is 0 Å². The molecule has 1 aromatic heterocycles. The molecule has 1 rings (SSSR count). The second-order valence-corrected chi connectivity index (χ2v) is 4.83. The van der Waals surface area contributed by atoms with E-state index in [4.69, 9.17) is 0 Å². The van der Waals surface area contributed by atoms with Gasteiger partial charge in [-0.15, -0.1) is 24.5 Å². The molecule has 3 nitrogen and oxygen atoms in total. The fraction of sp³-hybridized carbons (Fsp3) is 0.333. The number of rotatable bonds is 5. The highest BCUT2D eigenvalue weighted by Gasteiger charge is 2.18. The third-order valence-electron chi connectivity index (χ3n) is 2.09. The minimum atomic E-state index is -0.0540. The van der Waals surface area contributed by atoms with E-state index >= 15 is 0 Å². The average Bonchev–Trinajstić information content (AvgIpc) is 2.56. The van der Waals surface area contributed by atoms with Crippen molar-refractivity contribution in [2.24, 2.45) is 0 Å². The Labute approximate surface area is 100 Å². The summed E-state index contributed by atoms with van der Waals surface area (Å²) in [6.45, 7) is 12.1. The smallest absolute Gasteiger partial charge is 0.274 e. The topological polar surface area (TPSA) is 33.2 Å². The lowest BCUT2D eigenvalue weighted by Crippen LogP contribution is -2.32. The second-order valence-electron chi connectivity index (χ2n) is 3.43.